The fraction of sp³-hybridized carbons (Fsp3) is 0.250. The molecule has 6 heteroatoms. The van der Waals surface area contributed by atoms with Gasteiger partial charge >= 0.3 is 6.36 Å². The van der Waals surface area contributed by atoms with Gasteiger partial charge in [0.25, 0.3) is 0 Å². The van der Waals surface area contributed by atoms with Gasteiger partial charge in [-0.3, -0.25) is 4.79 Å². The molecule has 0 bridgehead atoms. The summed E-state index contributed by atoms with van der Waals surface area (Å²) in [5.41, 5.74) is -0.0858. The molecule has 0 aliphatic heterocycles. The van der Waals surface area contributed by atoms with Crippen LogP contribution in [0.25, 0.3) is 0 Å². The Morgan fingerprint density at radius 1 is 1.44 bits per heavy atom. The molecule has 0 spiro atoms. The van der Waals surface area contributed by atoms with Crippen molar-refractivity contribution in [3.63, 3.8) is 0 Å². The molecule has 18 heavy (non-hydrogen) atoms. The highest BCUT2D eigenvalue weighted by molar-refractivity contribution is 9.10. The Balaban J connectivity index is 3.03. The van der Waals surface area contributed by atoms with Crippen molar-refractivity contribution in [1.82, 2.24) is 0 Å². The first-order valence-corrected chi connectivity index (χ1v) is 5.82. The van der Waals surface area contributed by atoms with E-state index in [0.717, 1.165) is 6.07 Å². The number of halogens is 4. The molecule has 0 atom stereocenters. The van der Waals surface area contributed by atoms with E-state index in [-0.39, 0.29) is 12.0 Å². The predicted octanol–water partition coefficient (Wildman–Crippen LogP) is 4.50. The average Bonchev–Trinajstić information content (AvgIpc) is 2.23. The maximum absolute atomic E-state index is 12.2. The highest BCUT2D eigenvalue weighted by Crippen LogP contribution is 2.30. The molecule has 0 N–H and O–H groups in total. The van der Waals surface area contributed by atoms with Gasteiger partial charge in [-0.15, -0.1) is 19.8 Å². The van der Waals surface area contributed by atoms with Crippen LogP contribution in [0.1, 0.15) is 23.2 Å². The van der Waals surface area contributed by atoms with E-state index in [1.54, 1.807) is 0 Å². The number of Topliss-reactive ketones (excluding diaryl/α,β-unsaturated/α-hetero) is 1. The van der Waals surface area contributed by atoms with Gasteiger partial charge < -0.3 is 4.74 Å². The second-order valence-electron chi connectivity index (χ2n) is 3.44. The Morgan fingerprint density at radius 3 is 2.67 bits per heavy atom. The van der Waals surface area contributed by atoms with Crippen molar-refractivity contribution < 1.29 is 22.7 Å². The molecular weight excluding hydrogens is 313 g/mol. The normalized spacial score (nSPS) is 11.1. The number of benzene rings is 1. The second kappa shape index (κ2) is 6.04. The molecule has 1 aromatic rings. The minimum absolute atomic E-state index is 0.0858. The van der Waals surface area contributed by atoms with E-state index in [4.69, 9.17) is 0 Å². The van der Waals surface area contributed by atoms with Gasteiger partial charge in [-0.25, -0.2) is 0 Å². The number of hydrogen-bond donors (Lipinski definition) is 0. The minimum atomic E-state index is -4.83. The maximum atomic E-state index is 12.2. The fourth-order valence-corrected chi connectivity index (χ4v) is 1.64. The summed E-state index contributed by atoms with van der Waals surface area (Å²) in [6, 6.07) is 3.91. The van der Waals surface area contributed by atoms with Crippen molar-refractivity contribution in [2.24, 2.45) is 0 Å². The molecule has 0 radical (unpaired) electrons. The van der Waals surface area contributed by atoms with Crippen LogP contribution in [0.3, 0.4) is 0 Å². The zero-order valence-electron chi connectivity index (χ0n) is 9.26. The predicted molar refractivity (Wildman–Crippen MR) is 64.6 cm³/mol. The van der Waals surface area contributed by atoms with E-state index in [1.165, 1.54) is 18.2 Å². The van der Waals surface area contributed by atoms with Crippen molar-refractivity contribution in [3.05, 3.63) is 40.9 Å². The number of carbonyl (C=O) groups is 1. The van der Waals surface area contributed by atoms with E-state index in [0.29, 0.717) is 10.9 Å². The van der Waals surface area contributed by atoms with Gasteiger partial charge in [-0.1, -0.05) is 22.0 Å². The number of allylic oxidation sites excluding steroid dienone is 1. The number of rotatable bonds is 5. The number of ketones is 1. The zero-order valence-corrected chi connectivity index (χ0v) is 10.8. The molecule has 1 rings (SSSR count). The third kappa shape index (κ3) is 4.52. The zero-order chi connectivity index (χ0) is 13.8. The highest BCUT2D eigenvalue weighted by Gasteiger charge is 2.32. The topological polar surface area (TPSA) is 26.3 Å². The molecule has 0 aliphatic carbocycles. The molecule has 1 aromatic carbocycles. The molecule has 0 aromatic heterocycles. The molecule has 0 heterocycles. The van der Waals surface area contributed by atoms with Crippen LogP contribution in [0.5, 0.6) is 5.75 Å². The Morgan fingerprint density at radius 2 is 2.11 bits per heavy atom. The summed E-state index contributed by atoms with van der Waals surface area (Å²) in [5.74, 6) is -0.910. The van der Waals surface area contributed by atoms with Gasteiger partial charge in [0.05, 0.1) is 5.56 Å². The Kier molecular flexibility index (Phi) is 4.95. The van der Waals surface area contributed by atoms with E-state index in [9.17, 15) is 18.0 Å². The molecule has 0 saturated carbocycles. The summed E-state index contributed by atoms with van der Waals surface area (Å²) in [7, 11) is 0. The van der Waals surface area contributed by atoms with E-state index >= 15 is 0 Å². The van der Waals surface area contributed by atoms with E-state index in [2.05, 4.69) is 27.2 Å². The number of alkyl halides is 3. The standard InChI is InChI=1S/C12H10BrF3O2/c1-2-3-4-10(17)9-6-5-8(13)7-11(9)18-12(14,15)16/h2,5-7H,1,3-4H2. The van der Waals surface area contributed by atoms with Crippen LogP contribution in [0.4, 0.5) is 13.2 Å². The van der Waals surface area contributed by atoms with Gasteiger partial charge in [-0.05, 0) is 24.6 Å². The lowest BCUT2D eigenvalue weighted by Crippen LogP contribution is -2.19. The highest BCUT2D eigenvalue weighted by atomic mass is 79.9. The van der Waals surface area contributed by atoms with Gasteiger partial charge in [0, 0.05) is 10.9 Å². The minimum Gasteiger partial charge on any atom is -0.405 e. The van der Waals surface area contributed by atoms with Crippen LogP contribution in [0, 0.1) is 0 Å². The summed E-state index contributed by atoms with van der Waals surface area (Å²) < 4.78 is 40.9. The monoisotopic (exact) mass is 322 g/mol. The van der Waals surface area contributed by atoms with Crippen molar-refractivity contribution in [3.8, 4) is 5.75 Å². The smallest absolute Gasteiger partial charge is 0.405 e. The quantitative estimate of drug-likeness (QED) is 0.589. The summed E-state index contributed by atoms with van der Waals surface area (Å²) in [6.45, 7) is 3.45. The molecule has 98 valence electrons. The largest absolute Gasteiger partial charge is 0.573 e. The molecule has 0 unspecified atom stereocenters. The molecule has 0 saturated heterocycles. The first kappa shape index (κ1) is 14.8. The molecular formula is C12H10BrF3O2. The lowest BCUT2D eigenvalue weighted by molar-refractivity contribution is -0.274. The average molecular weight is 323 g/mol. The Hall–Kier alpha value is -1.30. The molecule has 0 fully saturated rings. The first-order valence-electron chi connectivity index (χ1n) is 5.03. The first-order chi connectivity index (χ1) is 8.33. The Labute approximate surface area is 111 Å². The van der Waals surface area contributed by atoms with Gasteiger partial charge in [0.15, 0.2) is 5.78 Å². The summed E-state index contributed by atoms with van der Waals surface area (Å²) in [5, 5.41) is 0. The van der Waals surface area contributed by atoms with Gasteiger partial charge in [0.2, 0.25) is 0 Å². The van der Waals surface area contributed by atoms with Crippen molar-refractivity contribution in [2.45, 2.75) is 19.2 Å². The molecule has 0 aliphatic rings. The summed E-state index contributed by atoms with van der Waals surface area (Å²) in [6.07, 6.45) is -2.80. The van der Waals surface area contributed by atoms with Gasteiger partial charge in [0.1, 0.15) is 5.75 Å². The number of ether oxygens (including phenoxy) is 1. The third-order valence-electron chi connectivity index (χ3n) is 2.05. The fourth-order valence-electron chi connectivity index (χ4n) is 1.30. The van der Waals surface area contributed by atoms with Crippen molar-refractivity contribution in [2.75, 3.05) is 0 Å². The van der Waals surface area contributed by atoms with Crippen LogP contribution < -0.4 is 4.74 Å². The number of carbonyl (C=O) groups excluding carboxylic acids is 1. The lowest BCUT2D eigenvalue weighted by atomic mass is 10.1. The molecule has 0 amide bonds. The number of hydrogen-bond acceptors (Lipinski definition) is 2. The second-order valence-corrected chi connectivity index (χ2v) is 4.35. The van der Waals surface area contributed by atoms with Crippen molar-refractivity contribution >= 4 is 21.7 Å². The van der Waals surface area contributed by atoms with Crippen LogP contribution in [0.15, 0.2) is 35.3 Å². The molecule has 2 nitrogen and oxygen atoms in total. The van der Waals surface area contributed by atoms with Crippen molar-refractivity contribution in [1.29, 1.82) is 0 Å². The van der Waals surface area contributed by atoms with Gasteiger partial charge in [-0.2, -0.15) is 0 Å². The van der Waals surface area contributed by atoms with Crippen LogP contribution >= 0.6 is 15.9 Å². The maximum Gasteiger partial charge on any atom is 0.573 e. The summed E-state index contributed by atoms with van der Waals surface area (Å²) in [4.78, 5) is 11.7. The SMILES string of the molecule is C=CCCC(=O)c1ccc(Br)cc1OC(F)(F)F. The third-order valence-corrected chi connectivity index (χ3v) is 2.54. The van der Waals surface area contributed by atoms with Crippen LogP contribution in [0.2, 0.25) is 0 Å². The summed E-state index contributed by atoms with van der Waals surface area (Å²) >= 11 is 3.03. The van der Waals surface area contributed by atoms with E-state index < -0.39 is 17.9 Å². The van der Waals surface area contributed by atoms with Crippen LogP contribution in [-0.4, -0.2) is 12.1 Å². The van der Waals surface area contributed by atoms with Crippen LogP contribution in [-0.2, 0) is 0 Å². The Bertz CT molecular complexity index is 455. The lowest BCUT2D eigenvalue weighted by Gasteiger charge is -2.12. The van der Waals surface area contributed by atoms with E-state index in [1.807, 2.05) is 0 Å².